The molecule has 124 valence electrons. The van der Waals surface area contributed by atoms with Gasteiger partial charge in [-0.25, -0.2) is 0 Å². The fraction of sp³-hybridized carbons (Fsp3) is 0. The monoisotopic (exact) mass is 370 g/mol. The van der Waals surface area contributed by atoms with Gasteiger partial charge in [0.05, 0.1) is 11.4 Å². The van der Waals surface area contributed by atoms with Crippen molar-refractivity contribution in [2.24, 2.45) is 9.98 Å². The average Bonchev–Trinajstić information content (AvgIpc) is 2.61. The molecule has 25 heavy (non-hydrogen) atoms. The Morgan fingerprint density at radius 3 is 1.32 bits per heavy atom. The van der Waals surface area contributed by atoms with Gasteiger partial charge in [0.2, 0.25) is 0 Å². The van der Waals surface area contributed by atoms with E-state index < -0.39 is 0 Å². The molecular weight excluding hydrogens is 356 g/mol. The molecule has 0 spiro atoms. The summed E-state index contributed by atoms with van der Waals surface area (Å²) in [6.45, 7) is 0. The summed E-state index contributed by atoms with van der Waals surface area (Å²) in [6.07, 6.45) is 3.05. The summed E-state index contributed by atoms with van der Waals surface area (Å²) >= 11 is 0. The number of nitrogens with zero attached hydrogens (tertiary/aromatic N) is 2. The standard InChI is InChI=1S/C20H16N2O2.Fe/c23-19-11-5-1-7-15(19)13-21-17-9-3-4-10-18(17)22-14-16-8-2-6-12-20(16)24;/h1-14,23-24H;/q;+2/p-2. The van der Waals surface area contributed by atoms with Gasteiger partial charge in [-0.2, -0.15) is 0 Å². The Kier molecular flexibility index (Phi) is 6.52. The molecule has 4 nitrogen and oxygen atoms in total. The van der Waals surface area contributed by atoms with Crippen LogP contribution in [-0.2, 0) is 17.1 Å². The van der Waals surface area contributed by atoms with Gasteiger partial charge in [-0.1, -0.05) is 60.7 Å². The molecule has 5 heteroatoms. The third-order valence-electron chi connectivity index (χ3n) is 3.41. The second-order valence-corrected chi connectivity index (χ2v) is 5.08. The normalized spacial score (nSPS) is 10.9. The Balaban J connectivity index is 0.00000225. The van der Waals surface area contributed by atoms with Crippen molar-refractivity contribution in [1.82, 2.24) is 0 Å². The zero-order valence-electron chi connectivity index (χ0n) is 13.1. The van der Waals surface area contributed by atoms with Gasteiger partial charge in [-0.15, -0.1) is 11.5 Å². The Labute approximate surface area is 156 Å². The Hall–Kier alpha value is -2.88. The predicted octanol–water partition coefficient (Wildman–Crippen LogP) is 3.33. The number of para-hydroxylation sites is 4. The van der Waals surface area contributed by atoms with Crippen LogP contribution in [0.25, 0.3) is 0 Å². The first-order valence-corrected chi connectivity index (χ1v) is 7.43. The molecule has 0 amide bonds. The minimum atomic E-state index is -0.0810. The second-order valence-electron chi connectivity index (χ2n) is 5.08. The van der Waals surface area contributed by atoms with Gasteiger partial charge in [0.15, 0.2) is 0 Å². The van der Waals surface area contributed by atoms with Gasteiger partial charge in [0.1, 0.15) is 0 Å². The molecule has 3 aromatic rings. The Bertz CT molecular complexity index is 833. The van der Waals surface area contributed by atoms with Gasteiger partial charge in [0, 0.05) is 12.4 Å². The third-order valence-corrected chi connectivity index (χ3v) is 3.41. The molecule has 0 saturated heterocycles. The molecule has 0 aromatic heterocycles. The van der Waals surface area contributed by atoms with Crippen LogP contribution >= 0.6 is 0 Å². The van der Waals surface area contributed by atoms with Gasteiger partial charge >= 0.3 is 17.1 Å². The number of hydrogen-bond acceptors (Lipinski definition) is 4. The topological polar surface area (TPSA) is 70.8 Å². The summed E-state index contributed by atoms with van der Waals surface area (Å²) in [5.41, 5.74) is 2.28. The number of aliphatic imine (C=N–C) groups is 2. The van der Waals surface area contributed by atoms with Crippen molar-refractivity contribution in [3.05, 3.63) is 83.9 Å². The largest absolute Gasteiger partial charge is 2.00 e. The smallest absolute Gasteiger partial charge is 0.872 e. The molecule has 0 aliphatic rings. The molecule has 0 bridgehead atoms. The maximum Gasteiger partial charge on any atom is 2.00 e. The zero-order valence-corrected chi connectivity index (χ0v) is 14.3. The van der Waals surface area contributed by atoms with Crippen LogP contribution < -0.4 is 10.2 Å². The molecular formula is C20H14FeN2O2. The van der Waals surface area contributed by atoms with E-state index in [4.69, 9.17) is 0 Å². The first kappa shape index (κ1) is 18.5. The molecule has 0 saturated carbocycles. The molecule has 0 atom stereocenters. The van der Waals surface area contributed by atoms with Crippen molar-refractivity contribution in [1.29, 1.82) is 0 Å². The zero-order chi connectivity index (χ0) is 16.8. The molecule has 0 N–H and O–H groups in total. The molecule has 0 unspecified atom stereocenters. The molecule has 0 heterocycles. The molecule has 3 aromatic carbocycles. The van der Waals surface area contributed by atoms with E-state index in [0.717, 1.165) is 0 Å². The van der Waals surface area contributed by atoms with Crippen molar-refractivity contribution >= 4 is 23.8 Å². The fourth-order valence-corrected chi connectivity index (χ4v) is 2.14. The van der Waals surface area contributed by atoms with Gasteiger partial charge in [-0.05, 0) is 23.3 Å². The van der Waals surface area contributed by atoms with Crippen LogP contribution in [0.15, 0.2) is 82.8 Å². The van der Waals surface area contributed by atoms with Gasteiger partial charge in [0.25, 0.3) is 0 Å². The molecule has 0 aliphatic heterocycles. The van der Waals surface area contributed by atoms with E-state index in [2.05, 4.69) is 9.98 Å². The Morgan fingerprint density at radius 2 is 0.920 bits per heavy atom. The van der Waals surface area contributed by atoms with Crippen molar-refractivity contribution < 1.29 is 27.3 Å². The minimum Gasteiger partial charge on any atom is -0.872 e. The summed E-state index contributed by atoms with van der Waals surface area (Å²) in [5, 5.41) is 23.4. The number of benzene rings is 3. The van der Waals surface area contributed by atoms with Crippen LogP contribution in [0.3, 0.4) is 0 Å². The quantitative estimate of drug-likeness (QED) is 0.522. The summed E-state index contributed by atoms with van der Waals surface area (Å²) in [6, 6.07) is 20.7. The van der Waals surface area contributed by atoms with Crippen LogP contribution in [0.5, 0.6) is 11.5 Å². The molecule has 0 radical (unpaired) electrons. The van der Waals surface area contributed by atoms with Crippen molar-refractivity contribution in [3.8, 4) is 11.5 Å². The first-order valence-electron chi connectivity index (χ1n) is 7.43. The van der Waals surface area contributed by atoms with Crippen LogP contribution in [0, 0.1) is 0 Å². The SMILES string of the molecule is [Fe+2].[O-]c1ccccc1C=Nc1ccccc1N=Cc1ccccc1[O-]. The van der Waals surface area contributed by atoms with Crippen molar-refractivity contribution in [2.45, 2.75) is 0 Å². The van der Waals surface area contributed by atoms with Crippen LogP contribution in [0.4, 0.5) is 11.4 Å². The molecule has 3 rings (SSSR count). The third kappa shape index (κ3) is 4.80. The Morgan fingerprint density at radius 1 is 0.560 bits per heavy atom. The average molecular weight is 370 g/mol. The van der Waals surface area contributed by atoms with E-state index in [9.17, 15) is 10.2 Å². The first-order chi connectivity index (χ1) is 11.7. The van der Waals surface area contributed by atoms with Crippen molar-refractivity contribution in [2.75, 3.05) is 0 Å². The second kappa shape index (κ2) is 8.83. The fourth-order valence-electron chi connectivity index (χ4n) is 2.14. The number of rotatable bonds is 4. The van der Waals surface area contributed by atoms with Crippen LogP contribution in [0.1, 0.15) is 11.1 Å². The number of hydrogen-bond donors (Lipinski definition) is 0. The van der Waals surface area contributed by atoms with E-state index in [1.165, 1.54) is 24.6 Å². The summed E-state index contributed by atoms with van der Waals surface area (Å²) < 4.78 is 0. The minimum absolute atomic E-state index is 0. The maximum absolute atomic E-state index is 11.7. The maximum atomic E-state index is 11.7. The molecule has 0 aliphatic carbocycles. The van der Waals surface area contributed by atoms with Crippen LogP contribution in [0.2, 0.25) is 0 Å². The van der Waals surface area contributed by atoms with E-state index in [1.54, 1.807) is 48.5 Å². The van der Waals surface area contributed by atoms with E-state index in [-0.39, 0.29) is 28.6 Å². The van der Waals surface area contributed by atoms with E-state index >= 15 is 0 Å². The van der Waals surface area contributed by atoms with E-state index in [0.29, 0.717) is 22.5 Å². The summed E-state index contributed by atoms with van der Waals surface area (Å²) in [5.74, 6) is -0.162. The van der Waals surface area contributed by atoms with Gasteiger partial charge < -0.3 is 10.2 Å². The van der Waals surface area contributed by atoms with Crippen molar-refractivity contribution in [3.63, 3.8) is 0 Å². The molecule has 0 fully saturated rings. The van der Waals surface area contributed by atoms with Gasteiger partial charge in [-0.3, -0.25) is 9.98 Å². The predicted molar refractivity (Wildman–Crippen MR) is 92.7 cm³/mol. The summed E-state index contributed by atoms with van der Waals surface area (Å²) in [7, 11) is 0. The van der Waals surface area contributed by atoms with E-state index in [1.807, 2.05) is 12.1 Å². The van der Waals surface area contributed by atoms with Crippen LogP contribution in [-0.4, -0.2) is 12.4 Å². The summed E-state index contributed by atoms with van der Waals surface area (Å²) in [4.78, 5) is 8.71.